The molecule has 10 heavy (non-hydrogen) atoms. The molecule has 0 saturated heterocycles. The molecule has 0 spiro atoms. The molecule has 2 N–H and O–H groups in total. The summed E-state index contributed by atoms with van der Waals surface area (Å²) in [7, 11) is 1.80. The molecule has 2 nitrogen and oxygen atoms in total. The van der Waals surface area contributed by atoms with Gasteiger partial charge in [0.05, 0.1) is 5.82 Å². The number of hydrogen-bond acceptors (Lipinski definition) is 2. The van der Waals surface area contributed by atoms with Crippen LogP contribution < -0.4 is 10.6 Å². The molecule has 0 radical (unpaired) electrons. The summed E-state index contributed by atoms with van der Waals surface area (Å²) in [6.07, 6.45) is 0. The summed E-state index contributed by atoms with van der Waals surface area (Å²) in [4.78, 5) is 0. The molecule has 2 heteroatoms. The summed E-state index contributed by atoms with van der Waals surface area (Å²) in [6, 6.07) is 0. The first-order valence-electron chi connectivity index (χ1n) is 3.46. The Morgan fingerprint density at radius 2 is 1.60 bits per heavy atom. The molecule has 0 aromatic rings. The van der Waals surface area contributed by atoms with E-state index in [4.69, 9.17) is 0 Å². The Labute approximate surface area is 64.0 Å². The Balaban J connectivity index is 0. The maximum absolute atomic E-state index is 3.63. The van der Waals surface area contributed by atoms with Gasteiger partial charge in [-0.3, -0.25) is 0 Å². The lowest BCUT2D eigenvalue weighted by Gasteiger charge is -2.05. The Bertz CT molecular complexity index is 106. The first kappa shape index (κ1) is 11.8. The van der Waals surface area contributed by atoms with E-state index in [2.05, 4.69) is 23.8 Å². The van der Waals surface area contributed by atoms with E-state index in [9.17, 15) is 0 Å². The zero-order chi connectivity index (χ0) is 8.57. The van der Waals surface area contributed by atoms with Gasteiger partial charge in [-0.25, -0.2) is 0 Å². The zero-order valence-corrected chi connectivity index (χ0v) is 7.41. The van der Waals surface area contributed by atoms with Crippen LogP contribution >= 0.6 is 0 Å². The van der Waals surface area contributed by atoms with Crippen molar-refractivity contribution in [3.8, 4) is 0 Å². The molecule has 0 aromatic carbocycles. The summed E-state index contributed by atoms with van der Waals surface area (Å²) >= 11 is 0. The van der Waals surface area contributed by atoms with E-state index in [-0.39, 0.29) is 0 Å². The summed E-state index contributed by atoms with van der Waals surface area (Å²) in [5, 5.41) is 5.72. The van der Waals surface area contributed by atoms with Gasteiger partial charge in [-0.15, -0.1) is 0 Å². The highest BCUT2D eigenvalue weighted by Crippen LogP contribution is 1.81. The second-order valence-electron chi connectivity index (χ2n) is 1.63. The van der Waals surface area contributed by atoms with Gasteiger partial charge in [-0.1, -0.05) is 27.0 Å². The summed E-state index contributed by atoms with van der Waals surface area (Å²) in [5.74, 6) is 0.775. The quantitative estimate of drug-likeness (QED) is 0.628. The zero-order valence-electron chi connectivity index (χ0n) is 7.41. The van der Waals surface area contributed by atoms with Crippen LogP contribution in [-0.4, -0.2) is 7.05 Å². The lowest BCUT2D eigenvalue weighted by Crippen LogP contribution is -2.19. The van der Waals surface area contributed by atoms with Gasteiger partial charge in [0.15, 0.2) is 0 Å². The van der Waals surface area contributed by atoms with Crippen LogP contribution in [0.2, 0.25) is 0 Å². The number of hydrogen-bond donors (Lipinski definition) is 2. The van der Waals surface area contributed by atoms with Crippen molar-refractivity contribution in [1.29, 1.82) is 0 Å². The lowest BCUT2D eigenvalue weighted by atomic mass is 10.5. The summed E-state index contributed by atoms with van der Waals surface area (Å²) < 4.78 is 0. The van der Waals surface area contributed by atoms with Crippen LogP contribution in [0.3, 0.4) is 0 Å². The Hall–Kier alpha value is -0.920. The highest BCUT2D eigenvalue weighted by atomic mass is 15.1. The highest BCUT2D eigenvalue weighted by molar-refractivity contribution is 4.98. The van der Waals surface area contributed by atoms with Crippen LogP contribution in [0.1, 0.15) is 20.8 Å². The maximum atomic E-state index is 3.63. The van der Waals surface area contributed by atoms with E-state index in [1.165, 1.54) is 0 Å². The molecule has 0 heterocycles. The van der Waals surface area contributed by atoms with Crippen LogP contribution in [-0.2, 0) is 0 Å². The van der Waals surface area contributed by atoms with Crippen LogP contribution in [0, 0.1) is 0 Å². The van der Waals surface area contributed by atoms with E-state index in [1.54, 1.807) is 7.05 Å². The highest BCUT2D eigenvalue weighted by Gasteiger charge is 1.82. The Morgan fingerprint density at radius 1 is 1.20 bits per heavy atom. The van der Waals surface area contributed by atoms with Crippen molar-refractivity contribution in [2.24, 2.45) is 0 Å². The fraction of sp³-hybridized carbons (Fsp3) is 0.500. The van der Waals surface area contributed by atoms with Crippen LogP contribution in [0.4, 0.5) is 0 Å². The Morgan fingerprint density at radius 3 is 1.70 bits per heavy atom. The van der Waals surface area contributed by atoms with Crippen LogP contribution in [0.25, 0.3) is 0 Å². The van der Waals surface area contributed by atoms with E-state index in [0.29, 0.717) is 0 Å². The lowest BCUT2D eigenvalue weighted by molar-refractivity contribution is 0.842. The molecule has 0 saturated carbocycles. The average molecular weight is 142 g/mol. The normalized spacial score (nSPS) is 6.80. The van der Waals surface area contributed by atoms with Crippen molar-refractivity contribution in [2.45, 2.75) is 20.8 Å². The number of nitrogens with one attached hydrogen (secondary N) is 2. The predicted molar refractivity (Wildman–Crippen MR) is 47.5 cm³/mol. The fourth-order valence-electron chi connectivity index (χ4n) is 0.320. The van der Waals surface area contributed by atoms with Crippen molar-refractivity contribution < 1.29 is 0 Å². The minimum absolute atomic E-state index is 0.775. The third-order valence-electron chi connectivity index (χ3n) is 0.666. The molecule has 0 bridgehead atoms. The van der Waals surface area contributed by atoms with Gasteiger partial charge in [0.25, 0.3) is 0 Å². The van der Waals surface area contributed by atoms with Gasteiger partial charge >= 0.3 is 0 Å². The molecule has 0 fully saturated rings. The standard InChI is InChI=1S/C6H12N2.C2H6/c1-5(2)8-6(3)7-4;1-2/h7-8H,1,3H2,2,4H3;1-2H3. The molecule has 0 aromatic heterocycles. The number of rotatable bonds is 3. The first-order chi connectivity index (χ1) is 4.66. The molecule has 0 aliphatic heterocycles. The minimum atomic E-state index is 0.775. The second-order valence-corrected chi connectivity index (χ2v) is 1.63. The fourth-order valence-corrected chi connectivity index (χ4v) is 0.320. The maximum Gasteiger partial charge on any atom is 0.0951 e. The van der Waals surface area contributed by atoms with Crippen molar-refractivity contribution in [3.05, 3.63) is 24.7 Å². The van der Waals surface area contributed by atoms with Gasteiger partial charge in [0.2, 0.25) is 0 Å². The second kappa shape index (κ2) is 8.08. The monoisotopic (exact) mass is 142 g/mol. The molecule has 0 amide bonds. The van der Waals surface area contributed by atoms with E-state index < -0.39 is 0 Å². The third kappa shape index (κ3) is 10.1. The minimum Gasteiger partial charge on any atom is -0.375 e. The van der Waals surface area contributed by atoms with Gasteiger partial charge < -0.3 is 10.6 Å². The van der Waals surface area contributed by atoms with Crippen molar-refractivity contribution in [2.75, 3.05) is 7.05 Å². The van der Waals surface area contributed by atoms with E-state index in [0.717, 1.165) is 11.5 Å². The largest absolute Gasteiger partial charge is 0.375 e. The average Bonchev–Trinajstić information content (AvgIpc) is 1.91. The first-order valence-corrected chi connectivity index (χ1v) is 3.46. The van der Waals surface area contributed by atoms with Gasteiger partial charge in [-0.05, 0) is 6.92 Å². The predicted octanol–water partition coefficient (Wildman–Crippen LogP) is 1.83. The van der Waals surface area contributed by atoms with Gasteiger partial charge in [-0.2, -0.15) is 0 Å². The molecular weight excluding hydrogens is 124 g/mol. The molecule has 0 aliphatic carbocycles. The SMILES string of the molecule is C=C(C)NC(=C)NC.CC. The number of allylic oxidation sites excluding steroid dienone is 1. The van der Waals surface area contributed by atoms with Crippen LogP contribution in [0.5, 0.6) is 0 Å². The topological polar surface area (TPSA) is 24.1 Å². The van der Waals surface area contributed by atoms with Gasteiger partial charge in [0.1, 0.15) is 0 Å². The molecule has 0 unspecified atom stereocenters. The van der Waals surface area contributed by atoms with E-state index in [1.807, 2.05) is 20.8 Å². The van der Waals surface area contributed by atoms with Gasteiger partial charge in [0, 0.05) is 12.7 Å². The van der Waals surface area contributed by atoms with E-state index >= 15 is 0 Å². The molecule has 0 rings (SSSR count). The summed E-state index contributed by atoms with van der Waals surface area (Å²) in [5.41, 5.74) is 0.893. The smallest absolute Gasteiger partial charge is 0.0951 e. The summed E-state index contributed by atoms with van der Waals surface area (Å²) in [6.45, 7) is 13.1. The third-order valence-corrected chi connectivity index (χ3v) is 0.666. The molecule has 0 aliphatic rings. The molecule has 0 atom stereocenters. The Kier molecular flexibility index (Phi) is 9.56. The van der Waals surface area contributed by atoms with Crippen LogP contribution in [0.15, 0.2) is 24.7 Å². The molecule has 60 valence electrons. The van der Waals surface area contributed by atoms with Crippen molar-refractivity contribution in [1.82, 2.24) is 10.6 Å². The van der Waals surface area contributed by atoms with Crippen molar-refractivity contribution in [3.63, 3.8) is 0 Å². The molecular formula is C8H18N2. The van der Waals surface area contributed by atoms with Crippen molar-refractivity contribution >= 4 is 0 Å².